The summed E-state index contributed by atoms with van der Waals surface area (Å²) in [5, 5.41) is 12.6. The summed E-state index contributed by atoms with van der Waals surface area (Å²) in [6, 6.07) is 12.9. The lowest BCUT2D eigenvalue weighted by Crippen LogP contribution is -2.50. The minimum Gasteiger partial charge on any atom is -0.487 e. The van der Waals surface area contributed by atoms with Crippen molar-refractivity contribution in [2.45, 2.75) is 30.9 Å². The summed E-state index contributed by atoms with van der Waals surface area (Å²) in [5.41, 5.74) is 0.548. The number of sulfonamides is 1. The Morgan fingerprint density at radius 3 is 2.29 bits per heavy atom. The standard InChI is InChI=1S/C29H32F2N4O6S/c1-18-15-35(19(2)17-36)28(37)25-14-23(33-42(39,40)24-11-6-21(31)7-12-24)10-13-26(25)41-27(18)16-34(3)29(38)32-22-8-4-20(30)5-9-22/h4-14,18-19,27,33,36H,15-17H2,1-3H3,(H,32,38)/t18-,19-,27-/m0/s1. The molecule has 1 aliphatic rings. The SMILES string of the molecule is C[C@H]1CN([C@@H](C)CO)C(=O)c2cc(NS(=O)(=O)c3ccc(F)cc3)ccc2O[C@H]1CN(C)C(=O)Nc1ccc(F)cc1. The average molecular weight is 603 g/mol. The normalized spacial score (nSPS) is 17.8. The minimum atomic E-state index is -4.09. The van der Waals surface area contributed by atoms with E-state index in [1.54, 1.807) is 14.0 Å². The Labute approximate surface area is 242 Å². The molecule has 10 nitrogen and oxygen atoms in total. The molecule has 0 saturated heterocycles. The van der Waals surface area contributed by atoms with Crippen LogP contribution >= 0.6 is 0 Å². The first-order valence-electron chi connectivity index (χ1n) is 13.2. The topological polar surface area (TPSA) is 128 Å². The van der Waals surface area contributed by atoms with Crippen molar-refractivity contribution in [1.29, 1.82) is 0 Å². The van der Waals surface area contributed by atoms with E-state index in [1.807, 2.05) is 6.92 Å². The molecule has 3 aromatic carbocycles. The molecule has 0 saturated carbocycles. The molecule has 3 amide bonds. The van der Waals surface area contributed by atoms with E-state index in [4.69, 9.17) is 4.74 Å². The molecule has 0 unspecified atom stereocenters. The van der Waals surface area contributed by atoms with E-state index in [2.05, 4.69) is 10.0 Å². The van der Waals surface area contributed by atoms with Gasteiger partial charge in [0.25, 0.3) is 15.9 Å². The first-order valence-corrected chi connectivity index (χ1v) is 14.6. The third kappa shape index (κ3) is 7.15. The number of halogens is 2. The van der Waals surface area contributed by atoms with E-state index in [-0.39, 0.29) is 47.5 Å². The van der Waals surface area contributed by atoms with Crippen LogP contribution in [0, 0.1) is 17.6 Å². The van der Waals surface area contributed by atoms with Crippen LogP contribution < -0.4 is 14.8 Å². The van der Waals surface area contributed by atoms with Crippen LogP contribution in [0.1, 0.15) is 24.2 Å². The zero-order valence-corrected chi connectivity index (χ0v) is 24.1. The number of benzene rings is 3. The highest BCUT2D eigenvalue weighted by Crippen LogP contribution is 2.31. The molecule has 1 heterocycles. The number of aliphatic hydroxyl groups is 1. The third-order valence-electron chi connectivity index (χ3n) is 6.94. The fourth-order valence-corrected chi connectivity index (χ4v) is 5.49. The lowest BCUT2D eigenvalue weighted by atomic mass is 9.99. The van der Waals surface area contributed by atoms with Crippen LogP contribution in [-0.2, 0) is 10.0 Å². The Morgan fingerprint density at radius 1 is 1.07 bits per heavy atom. The summed E-state index contributed by atoms with van der Waals surface area (Å²) in [7, 11) is -2.52. The first kappa shape index (κ1) is 30.7. The number of hydrogen-bond acceptors (Lipinski definition) is 6. The number of fused-ring (bicyclic) bond motifs is 1. The number of nitrogens with zero attached hydrogens (tertiary/aromatic N) is 2. The number of urea groups is 1. The third-order valence-corrected chi connectivity index (χ3v) is 8.33. The lowest BCUT2D eigenvalue weighted by molar-refractivity contribution is 0.0371. The molecule has 1 aliphatic heterocycles. The summed E-state index contributed by atoms with van der Waals surface area (Å²) >= 11 is 0. The molecule has 0 aliphatic carbocycles. The fraction of sp³-hybridized carbons (Fsp3) is 0.310. The molecule has 3 atom stereocenters. The van der Waals surface area contributed by atoms with Gasteiger partial charge in [0, 0.05) is 30.9 Å². The highest BCUT2D eigenvalue weighted by Gasteiger charge is 2.34. The fourth-order valence-electron chi connectivity index (χ4n) is 4.44. The van der Waals surface area contributed by atoms with E-state index in [0.717, 1.165) is 24.3 Å². The van der Waals surface area contributed by atoms with Crippen LogP contribution in [-0.4, -0.2) is 74.2 Å². The van der Waals surface area contributed by atoms with Crippen molar-refractivity contribution in [3.05, 3.63) is 83.9 Å². The quantitative estimate of drug-likeness (QED) is 0.356. The van der Waals surface area contributed by atoms with E-state index in [0.29, 0.717) is 5.69 Å². The van der Waals surface area contributed by atoms with Crippen molar-refractivity contribution >= 4 is 33.3 Å². The minimum absolute atomic E-state index is 0.0601. The molecule has 4 rings (SSSR count). The van der Waals surface area contributed by atoms with E-state index < -0.39 is 45.7 Å². The van der Waals surface area contributed by atoms with Crippen molar-refractivity contribution in [3.8, 4) is 5.75 Å². The number of aliphatic hydroxyl groups excluding tert-OH is 1. The Balaban J connectivity index is 1.61. The average Bonchev–Trinajstić information content (AvgIpc) is 2.96. The monoisotopic (exact) mass is 602 g/mol. The van der Waals surface area contributed by atoms with Gasteiger partial charge in [0.1, 0.15) is 23.5 Å². The Hall–Kier alpha value is -4.23. The molecular weight excluding hydrogens is 570 g/mol. The largest absolute Gasteiger partial charge is 0.487 e. The van der Waals surface area contributed by atoms with Crippen LogP contribution in [0.25, 0.3) is 0 Å². The zero-order valence-electron chi connectivity index (χ0n) is 23.3. The number of carbonyl (C=O) groups is 2. The van der Waals surface area contributed by atoms with Crippen LogP contribution in [0.3, 0.4) is 0 Å². The van der Waals surface area contributed by atoms with Crippen molar-refractivity contribution < 1.29 is 36.6 Å². The molecule has 3 aromatic rings. The van der Waals surface area contributed by atoms with Gasteiger partial charge in [-0.3, -0.25) is 9.52 Å². The van der Waals surface area contributed by atoms with Crippen LogP contribution in [0.4, 0.5) is 25.0 Å². The van der Waals surface area contributed by atoms with Gasteiger partial charge in [-0.2, -0.15) is 0 Å². The van der Waals surface area contributed by atoms with E-state index in [1.165, 1.54) is 52.3 Å². The van der Waals surface area contributed by atoms with Crippen molar-refractivity contribution in [1.82, 2.24) is 9.80 Å². The van der Waals surface area contributed by atoms with Gasteiger partial charge in [0.05, 0.1) is 29.7 Å². The maximum atomic E-state index is 13.6. The summed E-state index contributed by atoms with van der Waals surface area (Å²) < 4.78 is 60.9. The van der Waals surface area contributed by atoms with Gasteiger partial charge in [-0.1, -0.05) is 6.92 Å². The second-order valence-corrected chi connectivity index (χ2v) is 11.9. The van der Waals surface area contributed by atoms with Gasteiger partial charge in [0.2, 0.25) is 0 Å². The maximum Gasteiger partial charge on any atom is 0.321 e. The first-order chi connectivity index (χ1) is 19.9. The molecule has 42 heavy (non-hydrogen) atoms. The molecule has 0 spiro atoms. The molecule has 0 bridgehead atoms. The van der Waals surface area contributed by atoms with Gasteiger partial charge < -0.3 is 25.0 Å². The van der Waals surface area contributed by atoms with Gasteiger partial charge in [-0.15, -0.1) is 0 Å². The molecule has 0 fully saturated rings. The number of rotatable bonds is 8. The van der Waals surface area contributed by atoms with Crippen LogP contribution in [0.5, 0.6) is 5.75 Å². The number of amides is 3. The van der Waals surface area contributed by atoms with E-state index >= 15 is 0 Å². The van der Waals surface area contributed by atoms with Crippen molar-refractivity contribution in [2.24, 2.45) is 5.92 Å². The summed E-state index contributed by atoms with van der Waals surface area (Å²) in [6.07, 6.45) is -0.601. The van der Waals surface area contributed by atoms with Gasteiger partial charge in [-0.25, -0.2) is 22.0 Å². The second kappa shape index (κ2) is 12.7. The van der Waals surface area contributed by atoms with Gasteiger partial charge >= 0.3 is 6.03 Å². The van der Waals surface area contributed by atoms with Crippen LogP contribution in [0.2, 0.25) is 0 Å². The Bertz CT molecular complexity index is 1540. The number of ether oxygens (including phenoxy) is 1. The number of carbonyl (C=O) groups excluding carboxylic acids is 2. The van der Waals surface area contributed by atoms with E-state index in [9.17, 15) is 31.9 Å². The smallest absolute Gasteiger partial charge is 0.321 e. The molecule has 0 radical (unpaired) electrons. The van der Waals surface area contributed by atoms with Gasteiger partial charge in [0.15, 0.2) is 0 Å². The molecule has 224 valence electrons. The Morgan fingerprint density at radius 2 is 1.67 bits per heavy atom. The number of nitrogens with one attached hydrogen (secondary N) is 2. The predicted molar refractivity (Wildman–Crippen MR) is 153 cm³/mol. The number of hydrogen-bond donors (Lipinski definition) is 3. The lowest BCUT2D eigenvalue weighted by Gasteiger charge is -2.38. The number of likely N-dealkylation sites (N-methyl/N-ethyl adjacent to an activating group) is 1. The van der Waals surface area contributed by atoms with Crippen molar-refractivity contribution in [2.75, 3.05) is 36.8 Å². The molecular formula is C29H32F2N4O6S. The van der Waals surface area contributed by atoms with Gasteiger partial charge in [-0.05, 0) is 73.7 Å². The zero-order chi connectivity index (χ0) is 30.6. The van der Waals surface area contributed by atoms with Crippen molar-refractivity contribution in [3.63, 3.8) is 0 Å². The number of anilines is 2. The summed E-state index contributed by atoms with van der Waals surface area (Å²) in [4.78, 5) is 29.2. The van der Waals surface area contributed by atoms with Crippen LogP contribution in [0.15, 0.2) is 71.6 Å². The highest BCUT2D eigenvalue weighted by atomic mass is 32.2. The highest BCUT2D eigenvalue weighted by molar-refractivity contribution is 7.92. The summed E-state index contributed by atoms with van der Waals surface area (Å²) in [5.74, 6) is -1.60. The summed E-state index contributed by atoms with van der Waals surface area (Å²) in [6.45, 7) is 3.53. The molecule has 3 N–H and O–H groups in total. The maximum absolute atomic E-state index is 13.6. The Kier molecular flexibility index (Phi) is 9.32. The molecule has 13 heteroatoms. The second-order valence-electron chi connectivity index (χ2n) is 10.2. The molecule has 0 aromatic heterocycles. The predicted octanol–water partition coefficient (Wildman–Crippen LogP) is 4.15.